The molecule has 2 bridgehead atoms. The van der Waals surface area contributed by atoms with Crippen molar-refractivity contribution in [1.82, 2.24) is 0 Å². The summed E-state index contributed by atoms with van der Waals surface area (Å²) < 4.78 is 0. The van der Waals surface area contributed by atoms with E-state index in [0.717, 1.165) is 22.3 Å². The van der Waals surface area contributed by atoms with Gasteiger partial charge in [-0.2, -0.15) is 0 Å². The zero-order valence-electron chi connectivity index (χ0n) is 6.91. The minimum Gasteiger partial charge on any atom is -0.504 e. The smallest absolute Gasteiger partial charge is 0.161 e. The van der Waals surface area contributed by atoms with Crippen molar-refractivity contribution >= 4 is 11.1 Å². The molecule has 3 rings (SSSR count). The van der Waals surface area contributed by atoms with Gasteiger partial charge in [0.15, 0.2) is 11.5 Å². The van der Waals surface area contributed by atoms with E-state index in [-0.39, 0.29) is 11.5 Å². The number of fused-ring (bicyclic) bond motifs is 5. The molecule has 0 saturated heterocycles. The highest BCUT2D eigenvalue weighted by molar-refractivity contribution is 6.00. The van der Waals surface area contributed by atoms with Crippen molar-refractivity contribution < 1.29 is 10.2 Å². The topological polar surface area (TPSA) is 40.5 Å². The van der Waals surface area contributed by atoms with Gasteiger partial charge in [0.2, 0.25) is 0 Å². The Balaban J connectivity index is 2.40. The fourth-order valence-corrected chi connectivity index (χ4v) is 2.09. The van der Waals surface area contributed by atoms with Crippen LogP contribution in [0.2, 0.25) is 0 Å². The van der Waals surface area contributed by atoms with Crippen molar-refractivity contribution in [3.8, 4) is 0 Å². The molecule has 0 atom stereocenters. The summed E-state index contributed by atoms with van der Waals surface area (Å²) >= 11 is 0. The zero-order valence-corrected chi connectivity index (χ0v) is 6.91. The van der Waals surface area contributed by atoms with Gasteiger partial charge in [-0.25, -0.2) is 0 Å². The summed E-state index contributed by atoms with van der Waals surface area (Å²) in [5.41, 5.74) is 3.85. The summed E-state index contributed by atoms with van der Waals surface area (Å²) in [6.45, 7) is 0. The second-order valence-electron chi connectivity index (χ2n) is 3.38. The molecule has 2 heteroatoms. The average molecular weight is 172 g/mol. The molecule has 0 unspecified atom stereocenters. The first-order chi connectivity index (χ1) is 6.29. The fraction of sp³-hybridized carbons (Fsp3) is 0.0909. The summed E-state index contributed by atoms with van der Waals surface area (Å²) in [4.78, 5) is 0. The zero-order chi connectivity index (χ0) is 9.00. The van der Waals surface area contributed by atoms with Crippen molar-refractivity contribution in [3.05, 3.63) is 46.9 Å². The molecule has 2 N–H and O–H groups in total. The van der Waals surface area contributed by atoms with Crippen LogP contribution in [0.1, 0.15) is 17.5 Å². The number of aliphatic hydroxyl groups excluding tert-OH is 2. The van der Waals surface area contributed by atoms with Gasteiger partial charge < -0.3 is 10.2 Å². The van der Waals surface area contributed by atoms with Crippen molar-refractivity contribution in [1.29, 1.82) is 0 Å². The van der Waals surface area contributed by atoms with Crippen LogP contribution in [0.25, 0.3) is 11.1 Å². The molecular formula is C11H8O2. The molecule has 0 heterocycles. The average Bonchev–Trinajstić information content (AvgIpc) is 2.66. The predicted octanol–water partition coefficient (Wildman–Crippen LogP) is 2.64. The molecule has 13 heavy (non-hydrogen) atoms. The van der Waals surface area contributed by atoms with E-state index in [1.165, 1.54) is 0 Å². The monoisotopic (exact) mass is 172 g/mol. The summed E-state index contributed by atoms with van der Waals surface area (Å²) in [6, 6.07) is 7.83. The molecule has 2 aliphatic carbocycles. The highest BCUT2D eigenvalue weighted by atomic mass is 16.3. The standard InChI is InChI=1S/C11H8O2/c12-10-8-5-9(11(10)13)7-4-2-1-3-6(7)8/h1-4,12-13H,5H2. The Morgan fingerprint density at radius 3 is 1.77 bits per heavy atom. The second kappa shape index (κ2) is 1.96. The normalized spacial score (nSPS) is 18.5. The fourth-order valence-electron chi connectivity index (χ4n) is 2.09. The van der Waals surface area contributed by atoms with Gasteiger partial charge in [0.25, 0.3) is 0 Å². The van der Waals surface area contributed by atoms with Gasteiger partial charge in [-0.1, -0.05) is 24.3 Å². The van der Waals surface area contributed by atoms with Gasteiger partial charge in [-0.3, -0.25) is 0 Å². The van der Waals surface area contributed by atoms with E-state index in [2.05, 4.69) is 0 Å². The third-order valence-electron chi connectivity index (χ3n) is 2.73. The molecule has 0 amide bonds. The highest BCUT2D eigenvalue weighted by Gasteiger charge is 2.34. The Kier molecular flexibility index (Phi) is 1.02. The molecular weight excluding hydrogens is 164 g/mol. The molecule has 0 saturated carbocycles. The lowest BCUT2D eigenvalue weighted by atomic mass is 10.0. The number of aliphatic hydroxyl groups is 2. The van der Waals surface area contributed by atoms with Crippen molar-refractivity contribution in [2.45, 2.75) is 6.42 Å². The molecule has 2 nitrogen and oxygen atoms in total. The summed E-state index contributed by atoms with van der Waals surface area (Å²) in [6.07, 6.45) is 0.678. The first kappa shape index (κ1) is 6.78. The van der Waals surface area contributed by atoms with E-state index >= 15 is 0 Å². The van der Waals surface area contributed by atoms with E-state index in [9.17, 15) is 10.2 Å². The summed E-state index contributed by atoms with van der Waals surface area (Å²) in [5.74, 6) is 0.127. The number of hydrogen-bond donors (Lipinski definition) is 2. The lowest BCUT2D eigenvalue weighted by Gasteiger charge is -2.08. The van der Waals surface area contributed by atoms with Gasteiger partial charge in [0.1, 0.15) is 0 Å². The van der Waals surface area contributed by atoms with E-state index in [4.69, 9.17) is 0 Å². The summed E-state index contributed by atoms with van der Waals surface area (Å²) in [5, 5.41) is 19.0. The molecule has 64 valence electrons. The minimum atomic E-state index is 0.0636. The van der Waals surface area contributed by atoms with Crippen LogP contribution in [0.15, 0.2) is 35.8 Å². The maximum atomic E-state index is 9.51. The Morgan fingerprint density at radius 2 is 1.31 bits per heavy atom. The lowest BCUT2D eigenvalue weighted by molar-refractivity contribution is 0.333. The van der Waals surface area contributed by atoms with E-state index in [0.29, 0.717) is 6.42 Å². The van der Waals surface area contributed by atoms with Crippen LogP contribution in [-0.2, 0) is 0 Å². The SMILES string of the molecule is OC1=C2CC(=C1O)c1ccccc12. The number of allylic oxidation sites excluding steroid dienone is 2. The Hall–Kier alpha value is -1.70. The largest absolute Gasteiger partial charge is 0.504 e. The molecule has 0 fully saturated rings. The van der Waals surface area contributed by atoms with E-state index in [1.807, 2.05) is 24.3 Å². The van der Waals surface area contributed by atoms with Crippen LogP contribution in [-0.4, -0.2) is 10.2 Å². The molecule has 1 aromatic carbocycles. The van der Waals surface area contributed by atoms with Gasteiger partial charge in [-0.05, 0) is 11.1 Å². The number of benzene rings is 1. The van der Waals surface area contributed by atoms with Crippen molar-refractivity contribution in [2.24, 2.45) is 0 Å². The molecule has 0 aliphatic heterocycles. The highest BCUT2D eigenvalue weighted by Crippen LogP contribution is 2.49. The number of hydrogen-bond acceptors (Lipinski definition) is 2. The third-order valence-corrected chi connectivity index (χ3v) is 2.73. The van der Waals surface area contributed by atoms with Crippen LogP contribution in [0.4, 0.5) is 0 Å². The van der Waals surface area contributed by atoms with Gasteiger partial charge in [-0.15, -0.1) is 0 Å². The van der Waals surface area contributed by atoms with Crippen LogP contribution in [0.5, 0.6) is 0 Å². The predicted molar refractivity (Wildman–Crippen MR) is 50.2 cm³/mol. The first-order valence-corrected chi connectivity index (χ1v) is 4.23. The van der Waals surface area contributed by atoms with Crippen LogP contribution < -0.4 is 0 Å². The van der Waals surface area contributed by atoms with Crippen molar-refractivity contribution in [2.75, 3.05) is 0 Å². The maximum Gasteiger partial charge on any atom is 0.161 e. The van der Waals surface area contributed by atoms with Gasteiger partial charge in [0.05, 0.1) is 0 Å². The van der Waals surface area contributed by atoms with Crippen LogP contribution in [0.3, 0.4) is 0 Å². The molecule has 1 aromatic rings. The Morgan fingerprint density at radius 1 is 0.846 bits per heavy atom. The van der Waals surface area contributed by atoms with Crippen LogP contribution >= 0.6 is 0 Å². The van der Waals surface area contributed by atoms with Gasteiger partial charge in [0, 0.05) is 17.6 Å². The summed E-state index contributed by atoms with van der Waals surface area (Å²) in [7, 11) is 0. The maximum absolute atomic E-state index is 9.51. The van der Waals surface area contributed by atoms with Crippen LogP contribution in [0, 0.1) is 0 Å². The van der Waals surface area contributed by atoms with Crippen molar-refractivity contribution in [3.63, 3.8) is 0 Å². The Bertz CT molecular complexity index is 424. The molecule has 0 aromatic heterocycles. The Labute approximate surface area is 75.5 Å². The third kappa shape index (κ3) is 0.640. The molecule has 2 aliphatic rings. The minimum absolute atomic E-state index is 0.0636. The number of rotatable bonds is 0. The first-order valence-electron chi connectivity index (χ1n) is 4.23. The van der Waals surface area contributed by atoms with E-state index in [1.54, 1.807) is 0 Å². The van der Waals surface area contributed by atoms with E-state index < -0.39 is 0 Å². The second-order valence-corrected chi connectivity index (χ2v) is 3.38. The van der Waals surface area contributed by atoms with Gasteiger partial charge >= 0.3 is 0 Å². The molecule has 0 spiro atoms. The molecule has 0 radical (unpaired) electrons. The lowest BCUT2D eigenvalue weighted by Crippen LogP contribution is -1.94. The quantitative estimate of drug-likeness (QED) is 0.631.